The van der Waals surface area contributed by atoms with Crippen LogP contribution in [0.25, 0.3) is 22.2 Å². The zero-order chi connectivity index (χ0) is 18.8. The average molecular weight is 363 g/mol. The van der Waals surface area contributed by atoms with Crippen molar-refractivity contribution in [3.8, 4) is 17.0 Å². The third-order valence-electron chi connectivity index (χ3n) is 5.65. The number of benzene rings is 2. The van der Waals surface area contributed by atoms with Crippen LogP contribution in [0.15, 0.2) is 42.5 Å². The van der Waals surface area contributed by atoms with Crippen LogP contribution >= 0.6 is 0 Å². The predicted molar refractivity (Wildman–Crippen MR) is 107 cm³/mol. The second-order valence-corrected chi connectivity index (χ2v) is 7.20. The summed E-state index contributed by atoms with van der Waals surface area (Å²) in [5.74, 6) is 1.07. The van der Waals surface area contributed by atoms with Crippen LogP contribution in [0.5, 0.6) is 5.75 Å². The number of hydrogen-bond donors (Lipinski definition) is 1. The minimum Gasteiger partial charge on any atom is -0.496 e. The SMILES string of the molecule is COC(=O)c1ccc2c(C3CCCCC3)c(-c3ccccc3OC)[nH]c2c1. The van der Waals surface area contributed by atoms with E-state index < -0.39 is 0 Å². The molecular weight excluding hydrogens is 338 g/mol. The molecule has 2 aromatic carbocycles. The number of para-hydroxylation sites is 1. The maximum Gasteiger partial charge on any atom is 0.337 e. The Morgan fingerprint density at radius 2 is 1.81 bits per heavy atom. The number of aromatic nitrogens is 1. The van der Waals surface area contributed by atoms with Gasteiger partial charge in [0.2, 0.25) is 0 Å². The molecule has 4 rings (SSSR count). The van der Waals surface area contributed by atoms with Gasteiger partial charge in [-0.3, -0.25) is 0 Å². The van der Waals surface area contributed by atoms with Crippen molar-refractivity contribution in [3.05, 3.63) is 53.6 Å². The van der Waals surface area contributed by atoms with E-state index in [-0.39, 0.29) is 5.97 Å². The number of hydrogen-bond acceptors (Lipinski definition) is 3. The van der Waals surface area contributed by atoms with Crippen molar-refractivity contribution in [2.45, 2.75) is 38.0 Å². The summed E-state index contributed by atoms with van der Waals surface area (Å²) in [4.78, 5) is 15.5. The summed E-state index contributed by atoms with van der Waals surface area (Å²) < 4.78 is 10.5. The van der Waals surface area contributed by atoms with Crippen molar-refractivity contribution < 1.29 is 14.3 Å². The first-order valence-corrected chi connectivity index (χ1v) is 9.60. The molecule has 27 heavy (non-hydrogen) atoms. The molecule has 1 saturated carbocycles. The maximum absolute atomic E-state index is 12.0. The maximum atomic E-state index is 12.0. The quantitative estimate of drug-likeness (QED) is 0.607. The zero-order valence-corrected chi connectivity index (χ0v) is 15.9. The van der Waals surface area contributed by atoms with Gasteiger partial charge in [0.25, 0.3) is 0 Å². The number of carbonyl (C=O) groups is 1. The van der Waals surface area contributed by atoms with E-state index >= 15 is 0 Å². The second-order valence-electron chi connectivity index (χ2n) is 7.20. The fourth-order valence-electron chi connectivity index (χ4n) is 4.34. The smallest absolute Gasteiger partial charge is 0.337 e. The van der Waals surface area contributed by atoms with E-state index in [0.717, 1.165) is 22.5 Å². The number of rotatable bonds is 4. The summed E-state index contributed by atoms with van der Waals surface area (Å²) in [6, 6.07) is 13.9. The lowest BCUT2D eigenvalue weighted by atomic mass is 9.81. The molecular formula is C23H25NO3. The van der Waals surface area contributed by atoms with Crippen molar-refractivity contribution in [1.29, 1.82) is 0 Å². The monoisotopic (exact) mass is 363 g/mol. The van der Waals surface area contributed by atoms with Crippen LogP contribution in [0.1, 0.15) is 53.9 Å². The van der Waals surface area contributed by atoms with Crippen LogP contribution in [-0.2, 0) is 4.74 Å². The normalized spacial score (nSPS) is 15.0. The van der Waals surface area contributed by atoms with Gasteiger partial charge in [-0.15, -0.1) is 0 Å². The van der Waals surface area contributed by atoms with Gasteiger partial charge in [0.05, 0.1) is 25.5 Å². The summed E-state index contributed by atoms with van der Waals surface area (Å²) in [6.07, 6.45) is 6.25. The Morgan fingerprint density at radius 3 is 2.56 bits per heavy atom. The molecule has 0 unspecified atom stereocenters. The molecule has 1 aromatic heterocycles. The highest BCUT2D eigenvalue weighted by molar-refractivity contribution is 5.98. The van der Waals surface area contributed by atoms with Crippen LogP contribution in [-0.4, -0.2) is 25.2 Å². The highest BCUT2D eigenvalue weighted by Crippen LogP contribution is 2.44. The van der Waals surface area contributed by atoms with Crippen molar-refractivity contribution in [2.24, 2.45) is 0 Å². The van der Waals surface area contributed by atoms with Gasteiger partial charge in [-0.05, 0) is 48.6 Å². The summed E-state index contributed by atoms with van der Waals surface area (Å²) in [5, 5.41) is 1.19. The first-order valence-electron chi connectivity index (χ1n) is 9.60. The number of H-pyrrole nitrogens is 1. The van der Waals surface area contributed by atoms with Gasteiger partial charge in [0.1, 0.15) is 5.75 Å². The van der Waals surface area contributed by atoms with Crippen LogP contribution < -0.4 is 4.74 Å². The number of nitrogens with one attached hydrogen (secondary N) is 1. The molecule has 0 aliphatic heterocycles. The Morgan fingerprint density at radius 1 is 1.04 bits per heavy atom. The molecule has 3 aromatic rings. The average Bonchev–Trinajstić information content (AvgIpc) is 3.12. The molecule has 4 nitrogen and oxygen atoms in total. The van der Waals surface area contributed by atoms with Gasteiger partial charge in [-0.2, -0.15) is 0 Å². The van der Waals surface area contributed by atoms with E-state index in [2.05, 4.69) is 17.1 Å². The van der Waals surface area contributed by atoms with Crippen molar-refractivity contribution in [1.82, 2.24) is 4.98 Å². The van der Waals surface area contributed by atoms with E-state index in [1.807, 2.05) is 30.3 Å². The number of ether oxygens (including phenoxy) is 2. The zero-order valence-electron chi connectivity index (χ0n) is 15.9. The lowest BCUT2D eigenvalue weighted by Crippen LogP contribution is -2.05. The van der Waals surface area contributed by atoms with Crippen molar-refractivity contribution >= 4 is 16.9 Å². The molecule has 140 valence electrons. The molecule has 1 N–H and O–H groups in total. The molecule has 0 spiro atoms. The molecule has 1 aliphatic carbocycles. The largest absolute Gasteiger partial charge is 0.496 e. The van der Waals surface area contributed by atoms with E-state index in [1.165, 1.54) is 50.2 Å². The molecule has 0 amide bonds. The fourth-order valence-corrected chi connectivity index (χ4v) is 4.34. The Balaban J connectivity index is 1.93. The lowest BCUT2D eigenvalue weighted by Gasteiger charge is -2.23. The lowest BCUT2D eigenvalue weighted by molar-refractivity contribution is 0.0601. The predicted octanol–water partition coefficient (Wildman–Crippen LogP) is 5.68. The first-order chi connectivity index (χ1) is 13.2. The minimum atomic E-state index is -0.315. The van der Waals surface area contributed by atoms with Gasteiger partial charge in [-0.25, -0.2) is 4.79 Å². The molecule has 1 fully saturated rings. The number of esters is 1. The Labute approximate surface area is 159 Å². The molecule has 1 aliphatic rings. The topological polar surface area (TPSA) is 51.3 Å². The van der Waals surface area contributed by atoms with Crippen LogP contribution in [0, 0.1) is 0 Å². The summed E-state index contributed by atoms with van der Waals surface area (Å²) in [7, 11) is 3.12. The number of methoxy groups -OCH3 is 2. The Bertz CT molecular complexity index is 967. The molecule has 0 atom stereocenters. The van der Waals surface area contributed by atoms with Crippen LogP contribution in [0.3, 0.4) is 0 Å². The summed E-state index contributed by atoms with van der Waals surface area (Å²) >= 11 is 0. The van der Waals surface area contributed by atoms with Crippen molar-refractivity contribution in [3.63, 3.8) is 0 Å². The van der Waals surface area contributed by atoms with Gasteiger partial charge >= 0.3 is 5.97 Å². The second kappa shape index (κ2) is 7.47. The highest BCUT2D eigenvalue weighted by atomic mass is 16.5. The Kier molecular flexibility index (Phi) is 4.88. The molecule has 4 heteroatoms. The molecule has 1 heterocycles. The van der Waals surface area contributed by atoms with Crippen LogP contribution in [0.2, 0.25) is 0 Å². The van der Waals surface area contributed by atoms with Gasteiger partial charge in [-0.1, -0.05) is 37.5 Å². The standard InChI is InChI=1S/C23H25NO3/c1-26-20-11-7-6-10-18(20)22-21(15-8-4-3-5-9-15)17-13-12-16(23(25)27-2)14-19(17)24-22/h6-7,10-15,24H,3-5,8-9H2,1-2H3. The van der Waals surface area contributed by atoms with Crippen molar-refractivity contribution in [2.75, 3.05) is 14.2 Å². The Hall–Kier alpha value is -2.75. The van der Waals surface area contributed by atoms with E-state index in [9.17, 15) is 4.79 Å². The van der Waals surface area contributed by atoms with Gasteiger partial charge in [0.15, 0.2) is 0 Å². The molecule has 0 radical (unpaired) electrons. The molecule has 0 bridgehead atoms. The van der Waals surface area contributed by atoms with Crippen LogP contribution in [0.4, 0.5) is 0 Å². The van der Waals surface area contributed by atoms with E-state index in [4.69, 9.17) is 9.47 Å². The van der Waals surface area contributed by atoms with E-state index in [1.54, 1.807) is 7.11 Å². The minimum absolute atomic E-state index is 0.315. The third kappa shape index (κ3) is 3.20. The van der Waals surface area contributed by atoms with Gasteiger partial charge < -0.3 is 14.5 Å². The number of carbonyl (C=O) groups excluding carboxylic acids is 1. The number of fused-ring (bicyclic) bond motifs is 1. The fraction of sp³-hybridized carbons (Fsp3) is 0.348. The van der Waals surface area contributed by atoms with E-state index in [0.29, 0.717) is 11.5 Å². The molecule has 0 saturated heterocycles. The first kappa shape index (κ1) is 17.7. The third-order valence-corrected chi connectivity index (χ3v) is 5.65. The summed E-state index contributed by atoms with van der Waals surface area (Å²) in [6.45, 7) is 0. The highest BCUT2D eigenvalue weighted by Gasteiger charge is 2.25. The summed E-state index contributed by atoms with van der Waals surface area (Å²) in [5.41, 5.74) is 5.06. The number of aromatic amines is 1. The van der Waals surface area contributed by atoms with Gasteiger partial charge in [0, 0.05) is 16.5 Å².